The predicted octanol–water partition coefficient (Wildman–Crippen LogP) is 3.02. The highest BCUT2D eigenvalue weighted by atomic mass is 32.2. The summed E-state index contributed by atoms with van der Waals surface area (Å²) >= 11 is 1.04. The van der Waals surface area contributed by atoms with Gasteiger partial charge in [-0.05, 0) is 12.1 Å². The molecule has 0 radical (unpaired) electrons. The van der Waals surface area contributed by atoms with Crippen molar-refractivity contribution < 1.29 is 22.9 Å². The molecule has 28 heavy (non-hydrogen) atoms. The number of benzene rings is 2. The van der Waals surface area contributed by atoms with E-state index in [1.54, 1.807) is 18.2 Å². The molecule has 0 bridgehead atoms. The fraction of sp³-hybridized carbons (Fsp3) is 0.176. The topological polar surface area (TPSA) is 128 Å². The summed E-state index contributed by atoms with van der Waals surface area (Å²) in [5.41, 5.74) is 0.227. The van der Waals surface area contributed by atoms with Crippen LogP contribution in [0.5, 0.6) is 5.75 Å². The van der Waals surface area contributed by atoms with Crippen LogP contribution in [0.2, 0.25) is 0 Å². The van der Waals surface area contributed by atoms with E-state index in [1.165, 1.54) is 31.4 Å². The Morgan fingerprint density at radius 3 is 2.64 bits per heavy atom. The molecule has 11 heteroatoms. The van der Waals surface area contributed by atoms with Crippen LogP contribution < -0.4 is 10.1 Å². The molecule has 0 fully saturated rings. The van der Waals surface area contributed by atoms with Gasteiger partial charge in [0.2, 0.25) is 5.91 Å². The number of hydrogen-bond acceptors (Lipinski definition) is 8. The Morgan fingerprint density at radius 1 is 1.29 bits per heavy atom. The first kappa shape index (κ1) is 19.7. The van der Waals surface area contributed by atoms with Crippen molar-refractivity contribution in [2.24, 2.45) is 0 Å². The lowest BCUT2D eigenvalue weighted by Crippen LogP contribution is -2.17. The van der Waals surface area contributed by atoms with Gasteiger partial charge in [0, 0.05) is 12.5 Å². The maximum Gasteiger partial charge on any atom is 0.274 e. The van der Waals surface area contributed by atoms with Crippen molar-refractivity contribution in [1.82, 2.24) is 4.98 Å². The molecule has 146 valence electrons. The van der Waals surface area contributed by atoms with Crippen molar-refractivity contribution in [3.05, 3.63) is 52.6 Å². The van der Waals surface area contributed by atoms with E-state index < -0.39 is 20.7 Å². The van der Waals surface area contributed by atoms with Gasteiger partial charge in [-0.15, -0.1) is 0 Å². The number of fused-ring (bicyclic) bond motifs is 1. The zero-order valence-electron chi connectivity index (χ0n) is 14.6. The van der Waals surface area contributed by atoms with Crippen LogP contribution in [0.3, 0.4) is 0 Å². The molecule has 0 unspecified atom stereocenters. The SMILES string of the molecule is COc1cc([N+](=O)[O-])cc2sc(NC(=O)CCS(=O)(=O)c3ccccc3)nc12. The number of thiazole rings is 1. The minimum atomic E-state index is -3.57. The zero-order valence-corrected chi connectivity index (χ0v) is 16.2. The first-order chi connectivity index (χ1) is 13.3. The monoisotopic (exact) mass is 421 g/mol. The molecule has 2 aromatic carbocycles. The first-order valence-corrected chi connectivity index (χ1v) is 10.5. The smallest absolute Gasteiger partial charge is 0.274 e. The highest BCUT2D eigenvalue weighted by Gasteiger charge is 2.19. The summed E-state index contributed by atoms with van der Waals surface area (Å²) in [7, 11) is -2.21. The van der Waals surface area contributed by atoms with E-state index in [0.717, 1.165) is 11.3 Å². The number of nitrogens with zero attached hydrogens (tertiary/aromatic N) is 2. The summed E-state index contributed by atoms with van der Waals surface area (Å²) in [6.07, 6.45) is -0.246. The van der Waals surface area contributed by atoms with E-state index in [0.29, 0.717) is 10.2 Å². The van der Waals surface area contributed by atoms with Crippen molar-refractivity contribution in [3.63, 3.8) is 0 Å². The standard InChI is InChI=1S/C17H15N3O6S2/c1-26-13-9-11(20(22)23)10-14-16(13)19-17(27-14)18-15(21)7-8-28(24,25)12-5-3-2-4-6-12/h2-6,9-10H,7-8H2,1H3,(H,18,19,21). The number of aromatic nitrogens is 1. The molecule has 0 aliphatic rings. The van der Waals surface area contributed by atoms with Crippen LogP contribution in [0.25, 0.3) is 10.2 Å². The van der Waals surface area contributed by atoms with Gasteiger partial charge in [0.25, 0.3) is 5.69 Å². The third-order valence-corrected chi connectivity index (χ3v) is 6.47. The number of nitro groups is 1. The second-order valence-corrected chi connectivity index (χ2v) is 8.84. The van der Waals surface area contributed by atoms with E-state index in [-0.39, 0.29) is 33.6 Å². The zero-order chi connectivity index (χ0) is 20.3. The number of methoxy groups -OCH3 is 1. The number of non-ortho nitro benzene ring substituents is 1. The highest BCUT2D eigenvalue weighted by Crippen LogP contribution is 2.36. The van der Waals surface area contributed by atoms with Crippen molar-refractivity contribution >= 4 is 48.1 Å². The number of hydrogen-bond donors (Lipinski definition) is 1. The Labute approximate surface area is 164 Å². The number of nitrogens with one attached hydrogen (secondary N) is 1. The van der Waals surface area contributed by atoms with Gasteiger partial charge in [-0.1, -0.05) is 29.5 Å². The lowest BCUT2D eigenvalue weighted by Gasteiger charge is -2.04. The van der Waals surface area contributed by atoms with E-state index in [9.17, 15) is 23.3 Å². The van der Waals surface area contributed by atoms with Crippen LogP contribution in [0.4, 0.5) is 10.8 Å². The number of amides is 1. The first-order valence-electron chi connectivity index (χ1n) is 8.01. The van der Waals surface area contributed by atoms with Gasteiger partial charge in [-0.25, -0.2) is 13.4 Å². The molecule has 3 rings (SSSR count). The number of carbonyl (C=O) groups excluding carboxylic acids is 1. The number of rotatable bonds is 7. The Morgan fingerprint density at radius 2 is 2.00 bits per heavy atom. The average molecular weight is 421 g/mol. The predicted molar refractivity (Wildman–Crippen MR) is 105 cm³/mol. The molecule has 1 aromatic heterocycles. The van der Waals surface area contributed by atoms with Crippen LogP contribution in [0, 0.1) is 10.1 Å². The van der Waals surface area contributed by atoms with Crippen molar-refractivity contribution in [2.75, 3.05) is 18.2 Å². The van der Waals surface area contributed by atoms with Crippen molar-refractivity contribution in [1.29, 1.82) is 0 Å². The van der Waals surface area contributed by atoms with Gasteiger partial charge < -0.3 is 10.1 Å². The number of sulfone groups is 1. The van der Waals surface area contributed by atoms with E-state index in [2.05, 4.69) is 10.3 Å². The molecule has 1 N–H and O–H groups in total. The average Bonchev–Trinajstić information content (AvgIpc) is 3.08. The summed E-state index contributed by atoms with van der Waals surface area (Å²) in [6.45, 7) is 0. The third-order valence-electron chi connectivity index (χ3n) is 3.82. The van der Waals surface area contributed by atoms with E-state index >= 15 is 0 Å². The highest BCUT2D eigenvalue weighted by molar-refractivity contribution is 7.91. The fourth-order valence-electron chi connectivity index (χ4n) is 2.45. The third kappa shape index (κ3) is 4.26. The number of carbonyl (C=O) groups is 1. The Balaban J connectivity index is 1.74. The van der Waals surface area contributed by atoms with Crippen LogP contribution in [-0.4, -0.2) is 37.1 Å². The van der Waals surface area contributed by atoms with Gasteiger partial charge in [0.1, 0.15) is 5.52 Å². The van der Waals surface area contributed by atoms with Gasteiger partial charge in [0.15, 0.2) is 20.7 Å². The molecule has 0 aliphatic carbocycles. The molecule has 1 heterocycles. The van der Waals surface area contributed by atoms with Crippen LogP contribution in [0.1, 0.15) is 6.42 Å². The van der Waals surface area contributed by atoms with Gasteiger partial charge >= 0.3 is 0 Å². The maximum atomic E-state index is 12.2. The van der Waals surface area contributed by atoms with Crippen LogP contribution in [0.15, 0.2) is 47.4 Å². The Hall–Kier alpha value is -3.05. The fourth-order valence-corrected chi connectivity index (χ4v) is 4.65. The second kappa shape index (κ2) is 7.90. The lowest BCUT2D eigenvalue weighted by atomic mass is 10.3. The molecule has 3 aromatic rings. The molecule has 1 amide bonds. The van der Waals surface area contributed by atoms with Crippen molar-refractivity contribution in [3.8, 4) is 5.75 Å². The Kier molecular flexibility index (Phi) is 5.56. The van der Waals surface area contributed by atoms with Crippen LogP contribution >= 0.6 is 11.3 Å². The summed E-state index contributed by atoms with van der Waals surface area (Å²) < 4.78 is 30.1. The van der Waals surface area contributed by atoms with E-state index in [1.807, 2.05) is 0 Å². The number of anilines is 1. The lowest BCUT2D eigenvalue weighted by molar-refractivity contribution is -0.384. The summed E-state index contributed by atoms with van der Waals surface area (Å²) in [5.74, 6) is -0.651. The number of nitro benzene ring substituents is 1. The van der Waals surface area contributed by atoms with Gasteiger partial charge in [-0.2, -0.15) is 0 Å². The van der Waals surface area contributed by atoms with Crippen LogP contribution in [-0.2, 0) is 14.6 Å². The largest absolute Gasteiger partial charge is 0.494 e. The summed E-state index contributed by atoms with van der Waals surface area (Å²) in [5, 5.41) is 13.7. The van der Waals surface area contributed by atoms with Gasteiger partial charge in [0.05, 0.1) is 33.4 Å². The molecule has 0 spiro atoms. The summed E-state index contributed by atoms with van der Waals surface area (Å²) in [6, 6.07) is 10.5. The molecule has 9 nitrogen and oxygen atoms in total. The molecule has 0 atom stereocenters. The Bertz CT molecular complexity index is 1140. The van der Waals surface area contributed by atoms with Crippen molar-refractivity contribution in [2.45, 2.75) is 11.3 Å². The molecular weight excluding hydrogens is 406 g/mol. The molecular formula is C17H15N3O6S2. The summed E-state index contributed by atoms with van der Waals surface area (Å²) in [4.78, 5) is 27.0. The van der Waals surface area contributed by atoms with Gasteiger partial charge in [-0.3, -0.25) is 14.9 Å². The normalized spacial score (nSPS) is 11.3. The minimum absolute atomic E-state index is 0.153. The van der Waals surface area contributed by atoms with E-state index in [4.69, 9.17) is 4.74 Å². The maximum absolute atomic E-state index is 12.2. The quantitative estimate of drug-likeness (QED) is 0.458. The second-order valence-electron chi connectivity index (χ2n) is 5.70. The molecule has 0 aliphatic heterocycles. The number of ether oxygens (including phenoxy) is 1. The molecule has 0 saturated carbocycles. The molecule has 0 saturated heterocycles. The minimum Gasteiger partial charge on any atom is -0.494 e.